The summed E-state index contributed by atoms with van der Waals surface area (Å²) in [6, 6.07) is 0. The highest BCUT2D eigenvalue weighted by atomic mass is 35.5. The van der Waals surface area contributed by atoms with Crippen molar-refractivity contribution in [1.82, 2.24) is 4.90 Å². The molecule has 0 saturated heterocycles. The van der Waals surface area contributed by atoms with Crippen molar-refractivity contribution in [3.63, 3.8) is 0 Å². The maximum Gasteiger partial charge on any atom is 0.509 e. The molecule has 2 N–H and O–H groups in total. The zero-order valence-electron chi connectivity index (χ0n) is 20.3. The van der Waals surface area contributed by atoms with Crippen molar-refractivity contribution in [3.05, 3.63) is 0 Å². The second-order valence-electron chi connectivity index (χ2n) is 4.24. The van der Waals surface area contributed by atoms with Gasteiger partial charge in [-0.2, -0.15) is 0 Å². The zero-order valence-corrected chi connectivity index (χ0v) is 23.1. The van der Waals surface area contributed by atoms with E-state index in [1.807, 2.05) is 13.8 Å². The van der Waals surface area contributed by atoms with E-state index in [0.717, 1.165) is 0 Å². The van der Waals surface area contributed by atoms with E-state index in [1.54, 1.807) is 13.8 Å². The number of hydrogen-bond donors (Lipinski definition) is 0. The van der Waals surface area contributed by atoms with Crippen LogP contribution >= 0.6 is 58.0 Å². The molecule has 190 valence electrons. The first-order chi connectivity index (χ1) is 13.6. The molecule has 0 heterocycles. The number of carbonyl (C=O) groups is 2. The predicted molar refractivity (Wildman–Crippen MR) is 132 cm³/mol. The maximum atomic E-state index is 10.3. The van der Waals surface area contributed by atoms with Crippen LogP contribution in [-0.4, -0.2) is 71.1 Å². The lowest BCUT2D eigenvalue weighted by atomic mass is 10.5. The van der Waals surface area contributed by atoms with Crippen LogP contribution in [0.4, 0.5) is 9.59 Å². The smallest absolute Gasteiger partial charge is 0.509 e. The predicted octanol–water partition coefficient (Wildman–Crippen LogP) is 6.82. The number of hydrogen-bond acceptors (Lipinski definition) is 6. The highest BCUT2D eigenvalue weighted by Crippen LogP contribution is 1.98. The molecule has 0 aromatic carbocycles. The fraction of sp³-hybridized carbons (Fsp3) is 0.889. The third-order valence-corrected chi connectivity index (χ3v) is 3.03. The van der Waals surface area contributed by atoms with Crippen molar-refractivity contribution in [2.24, 2.45) is 0 Å². The van der Waals surface area contributed by atoms with Gasteiger partial charge in [0.25, 0.3) is 0 Å². The molecular formula is C18H41Cl5NO6-. The molecule has 2 unspecified atom stereocenters. The second kappa shape index (κ2) is 39.6. The van der Waals surface area contributed by atoms with E-state index in [2.05, 4.69) is 39.9 Å². The Labute approximate surface area is 209 Å². The Balaban J connectivity index is -0.0000000484. The van der Waals surface area contributed by atoms with Crippen molar-refractivity contribution in [3.8, 4) is 0 Å². The first kappa shape index (κ1) is 43.9. The zero-order chi connectivity index (χ0) is 24.3. The Morgan fingerprint density at radius 1 is 0.867 bits per heavy atom. The second-order valence-corrected chi connectivity index (χ2v) is 6.53. The quantitative estimate of drug-likeness (QED) is 0.198. The van der Waals surface area contributed by atoms with Gasteiger partial charge in [-0.3, -0.25) is 0 Å². The Kier molecular flexibility index (Phi) is 57.9. The molecule has 0 bridgehead atoms. The minimum atomic E-state index is -0.873. The summed E-state index contributed by atoms with van der Waals surface area (Å²) in [4.78, 5) is 22.4. The van der Waals surface area contributed by atoms with E-state index in [9.17, 15) is 9.59 Å². The summed E-state index contributed by atoms with van der Waals surface area (Å²) in [7, 11) is 0. The van der Waals surface area contributed by atoms with Crippen LogP contribution < -0.4 is 0 Å². The van der Waals surface area contributed by atoms with Crippen molar-refractivity contribution in [2.45, 2.75) is 66.5 Å². The van der Waals surface area contributed by atoms with Gasteiger partial charge < -0.3 is 26.0 Å². The highest BCUT2D eigenvalue weighted by molar-refractivity contribution is 6.61. The van der Waals surface area contributed by atoms with Crippen LogP contribution in [0.1, 0.15) is 56.8 Å². The fourth-order valence-corrected chi connectivity index (χ4v) is 1.42. The number of halogens is 5. The standard InChI is InChI=1S/C6H15N.C5H9ClO3.C3H4Cl2O2.C2H4Cl2.C2H6.H2O.H/c1-4-7(5-2)6-3;1-3-8-5(7)9-4(2)6;1-2(4)7-3(5)6;3-1-2-4;1-2;;/h4-6H2,1-3H3;4H,3H2,1-2H3;2H,1H3;1-2H2;1-2H3;1H2;/q;;;;;;-1. The van der Waals surface area contributed by atoms with Gasteiger partial charge in [-0.25, -0.2) is 9.59 Å². The first-order valence-corrected chi connectivity index (χ1v) is 11.7. The maximum absolute atomic E-state index is 10.3. The van der Waals surface area contributed by atoms with Crippen LogP contribution in [0.3, 0.4) is 0 Å². The summed E-state index contributed by atoms with van der Waals surface area (Å²) in [5.41, 5.74) is -2.13. The van der Waals surface area contributed by atoms with Gasteiger partial charge in [-0.1, -0.05) is 57.8 Å². The normalized spacial score (nSPS) is 10.3. The van der Waals surface area contributed by atoms with Crippen LogP contribution in [0.2, 0.25) is 0 Å². The highest BCUT2D eigenvalue weighted by Gasteiger charge is 2.04. The SMILES string of the molecule is CC.CC(Cl)OC(=O)Cl.CCN(CC)CC.CCOC(=O)OC(C)Cl.ClCCCl.O.[H-]. The molecule has 0 aliphatic rings. The van der Waals surface area contributed by atoms with Gasteiger partial charge in [-0.05, 0) is 40.4 Å². The fourth-order valence-electron chi connectivity index (χ4n) is 1.08. The molecule has 30 heavy (non-hydrogen) atoms. The van der Waals surface area contributed by atoms with E-state index < -0.39 is 22.7 Å². The Hall–Kier alpha value is 0.110. The summed E-state index contributed by atoms with van der Waals surface area (Å²) < 4.78 is 12.9. The minimum absolute atomic E-state index is 0. The number of carbonyl (C=O) groups excluding carboxylic acids is 2. The molecule has 0 aromatic heterocycles. The first-order valence-electron chi connectivity index (χ1n) is 9.37. The van der Waals surface area contributed by atoms with Gasteiger partial charge in [0.1, 0.15) is 0 Å². The van der Waals surface area contributed by atoms with Crippen LogP contribution in [0, 0.1) is 0 Å². The summed E-state index contributed by atoms with van der Waals surface area (Å²) in [6.45, 7) is 19.2. The Bertz CT molecular complexity index is 322. The molecule has 12 heteroatoms. The lowest BCUT2D eigenvalue weighted by molar-refractivity contribution is 0.0534. The summed E-state index contributed by atoms with van der Waals surface area (Å²) in [6.07, 6.45) is -0.722. The molecule has 7 nitrogen and oxygen atoms in total. The van der Waals surface area contributed by atoms with Crippen molar-refractivity contribution in [1.29, 1.82) is 0 Å². The van der Waals surface area contributed by atoms with Crippen LogP contribution in [-0.2, 0) is 14.2 Å². The molecule has 2 atom stereocenters. The van der Waals surface area contributed by atoms with Gasteiger partial charge in [0.15, 0.2) is 11.1 Å². The number of nitrogens with zero attached hydrogens (tertiary/aromatic N) is 1. The third-order valence-electron chi connectivity index (χ3n) is 2.19. The molecule has 0 aliphatic carbocycles. The van der Waals surface area contributed by atoms with Crippen LogP contribution in [0.5, 0.6) is 0 Å². The topological polar surface area (TPSA) is 96.6 Å². The van der Waals surface area contributed by atoms with E-state index in [-0.39, 0.29) is 6.90 Å². The lowest BCUT2D eigenvalue weighted by Gasteiger charge is -2.13. The van der Waals surface area contributed by atoms with E-state index in [1.165, 1.54) is 26.6 Å². The molecule has 0 aromatic rings. The molecule has 0 rings (SSSR count). The van der Waals surface area contributed by atoms with Gasteiger partial charge in [0.2, 0.25) is 0 Å². The number of alkyl halides is 4. The average Bonchev–Trinajstić information content (AvgIpc) is 2.64. The molecule has 0 fully saturated rings. The van der Waals surface area contributed by atoms with Gasteiger partial charge >= 0.3 is 11.6 Å². The molecular weight excluding hydrogens is 503 g/mol. The Morgan fingerprint density at radius 3 is 1.30 bits per heavy atom. The van der Waals surface area contributed by atoms with Crippen LogP contribution in [0.15, 0.2) is 0 Å². The largest absolute Gasteiger partial charge is 1.00 e. The van der Waals surface area contributed by atoms with Crippen molar-refractivity contribution in [2.75, 3.05) is 38.0 Å². The van der Waals surface area contributed by atoms with Gasteiger partial charge in [0.05, 0.1) is 6.61 Å². The van der Waals surface area contributed by atoms with Gasteiger partial charge in [-0.15, -0.1) is 23.2 Å². The average molecular weight is 545 g/mol. The molecule has 0 saturated carbocycles. The third kappa shape index (κ3) is 63.0. The van der Waals surface area contributed by atoms with Crippen molar-refractivity contribution < 1.29 is 30.7 Å². The van der Waals surface area contributed by atoms with E-state index in [0.29, 0.717) is 18.4 Å². The summed E-state index contributed by atoms with van der Waals surface area (Å²) in [5.74, 6) is 1.11. The molecule has 0 radical (unpaired) electrons. The molecule has 0 spiro atoms. The van der Waals surface area contributed by atoms with Crippen molar-refractivity contribution >= 4 is 69.6 Å². The van der Waals surface area contributed by atoms with Gasteiger partial charge in [0, 0.05) is 23.4 Å². The number of rotatable bonds is 7. The molecule has 0 aliphatic heterocycles. The molecule has 0 amide bonds. The summed E-state index contributed by atoms with van der Waals surface area (Å²) in [5, 5.41) is 0. The lowest BCUT2D eigenvalue weighted by Crippen LogP contribution is -2.21. The van der Waals surface area contributed by atoms with E-state index in [4.69, 9.17) is 58.0 Å². The van der Waals surface area contributed by atoms with Crippen LogP contribution in [0.25, 0.3) is 0 Å². The van der Waals surface area contributed by atoms with E-state index >= 15 is 0 Å². The summed E-state index contributed by atoms with van der Waals surface area (Å²) >= 11 is 25.3. The minimum Gasteiger partial charge on any atom is -1.00 e. The monoisotopic (exact) mass is 542 g/mol. The Morgan fingerprint density at radius 2 is 1.20 bits per heavy atom. The number of ether oxygens (including phenoxy) is 3.